The van der Waals surface area contributed by atoms with E-state index >= 15 is 0 Å². The number of nitrogens with two attached hydrogens (primary N) is 2. The van der Waals surface area contributed by atoms with Crippen LogP contribution in [0, 0.1) is 0 Å². The van der Waals surface area contributed by atoms with E-state index in [4.69, 9.17) is 11.5 Å². The van der Waals surface area contributed by atoms with Crippen molar-refractivity contribution < 1.29 is 18.0 Å². The van der Waals surface area contributed by atoms with Crippen molar-refractivity contribution in [3.63, 3.8) is 0 Å². The quantitative estimate of drug-likeness (QED) is 0.661. The number of carbonyl (C=O) groups excluding carboxylic acids is 1. The number of carbonyl (C=O) groups is 1. The fraction of sp³-hybridized carbons (Fsp3) is 0.333. The highest BCUT2D eigenvalue weighted by molar-refractivity contribution is 5.89. The molecule has 1 fully saturated rings. The van der Waals surface area contributed by atoms with Crippen molar-refractivity contribution in [3.05, 3.63) is 59.5 Å². The van der Waals surface area contributed by atoms with E-state index < -0.39 is 17.8 Å². The first-order valence-electron chi connectivity index (χ1n) is 9.83. The standard InChI is InChI=1S/C21H21F3N6O/c22-21(23,24)14-9-15(29-19-16(14)18(26)27-11-28-19)13-7-4-8-30(10-13)20(31)17(25)12-5-2-1-3-6-12/h1-3,5-6,9,11,13,17H,4,7-8,10,25H2,(H2,26,27,28,29)/t13-,17+/m0/s1. The lowest BCUT2D eigenvalue weighted by molar-refractivity contribution is -0.136. The van der Waals surface area contributed by atoms with E-state index in [-0.39, 0.29) is 40.9 Å². The van der Waals surface area contributed by atoms with Gasteiger partial charge in [0, 0.05) is 24.7 Å². The lowest BCUT2D eigenvalue weighted by Crippen LogP contribution is -2.44. The minimum Gasteiger partial charge on any atom is -0.383 e. The molecule has 2 atom stereocenters. The van der Waals surface area contributed by atoms with Gasteiger partial charge in [0.1, 0.15) is 18.2 Å². The molecule has 2 aromatic heterocycles. The summed E-state index contributed by atoms with van der Waals surface area (Å²) < 4.78 is 41.2. The van der Waals surface area contributed by atoms with Gasteiger partial charge in [0.25, 0.3) is 0 Å². The van der Waals surface area contributed by atoms with Crippen LogP contribution < -0.4 is 11.5 Å². The molecule has 3 heterocycles. The number of likely N-dealkylation sites (tertiary alicyclic amines) is 1. The Balaban J connectivity index is 1.65. The summed E-state index contributed by atoms with van der Waals surface area (Å²) in [6.07, 6.45) is -2.33. The molecule has 1 amide bonds. The molecule has 1 saturated heterocycles. The van der Waals surface area contributed by atoms with Crippen molar-refractivity contribution in [2.45, 2.75) is 31.0 Å². The Bertz CT molecular complexity index is 1110. The molecule has 0 bridgehead atoms. The molecule has 0 aliphatic carbocycles. The van der Waals surface area contributed by atoms with E-state index in [1.165, 1.54) is 0 Å². The number of fused-ring (bicyclic) bond motifs is 1. The lowest BCUT2D eigenvalue weighted by Gasteiger charge is -2.34. The predicted octanol–water partition coefficient (Wildman–Crippen LogP) is 3.03. The highest BCUT2D eigenvalue weighted by Gasteiger charge is 2.37. The average molecular weight is 430 g/mol. The van der Waals surface area contributed by atoms with E-state index in [0.29, 0.717) is 24.9 Å². The molecule has 31 heavy (non-hydrogen) atoms. The first-order chi connectivity index (χ1) is 14.8. The Kier molecular flexibility index (Phi) is 5.48. The highest BCUT2D eigenvalue weighted by atomic mass is 19.4. The monoisotopic (exact) mass is 430 g/mol. The van der Waals surface area contributed by atoms with Crippen LogP contribution in [0.5, 0.6) is 0 Å². The van der Waals surface area contributed by atoms with Gasteiger partial charge in [0.05, 0.1) is 10.9 Å². The summed E-state index contributed by atoms with van der Waals surface area (Å²) in [4.78, 5) is 26.4. The Labute approximate surface area is 176 Å². The zero-order valence-corrected chi connectivity index (χ0v) is 16.5. The van der Waals surface area contributed by atoms with Crippen LogP contribution in [0.25, 0.3) is 11.0 Å². The fourth-order valence-electron chi connectivity index (χ4n) is 3.96. The highest BCUT2D eigenvalue weighted by Crippen LogP contribution is 2.38. The van der Waals surface area contributed by atoms with Crippen LogP contribution in [0.4, 0.5) is 19.0 Å². The number of hydrogen-bond donors (Lipinski definition) is 2. The van der Waals surface area contributed by atoms with Gasteiger partial charge >= 0.3 is 6.18 Å². The SMILES string of the molecule is Nc1ncnc2nc([C@H]3CCCN(C(=O)[C@H](N)c4ccccc4)C3)cc(C(F)(F)F)c12. The minimum atomic E-state index is -4.64. The number of nitrogen functional groups attached to an aromatic ring is 1. The van der Waals surface area contributed by atoms with Crippen molar-refractivity contribution in [3.8, 4) is 0 Å². The molecular formula is C21H21F3N6O. The van der Waals surface area contributed by atoms with Crippen LogP contribution in [0.2, 0.25) is 0 Å². The predicted molar refractivity (Wildman–Crippen MR) is 109 cm³/mol. The first-order valence-corrected chi connectivity index (χ1v) is 9.83. The number of anilines is 1. The van der Waals surface area contributed by atoms with Gasteiger partial charge in [-0.2, -0.15) is 13.2 Å². The Morgan fingerprint density at radius 1 is 1.19 bits per heavy atom. The van der Waals surface area contributed by atoms with Gasteiger partial charge in [0.2, 0.25) is 5.91 Å². The lowest BCUT2D eigenvalue weighted by atomic mass is 9.92. The molecule has 1 aliphatic heterocycles. The minimum absolute atomic E-state index is 0.109. The van der Waals surface area contributed by atoms with Gasteiger partial charge in [0.15, 0.2) is 5.65 Å². The summed E-state index contributed by atoms with van der Waals surface area (Å²) in [6.45, 7) is 0.723. The Hall–Kier alpha value is -3.27. The average Bonchev–Trinajstić information content (AvgIpc) is 2.77. The van der Waals surface area contributed by atoms with Crippen molar-refractivity contribution in [1.82, 2.24) is 19.9 Å². The molecule has 1 aromatic carbocycles. The van der Waals surface area contributed by atoms with Crippen molar-refractivity contribution in [2.75, 3.05) is 18.8 Å². The fourth-order valence-corrected chi connectivity index (χ4v) is 3.96. The summed E-state index contributed by atoms with van der Waals surface area (Å²) in [6, 6.07) is 9.14. The summed E-state index contributed by atoms with van der Waals surface area (Å²) in [7, 11) is 0. The summed E-state index contributed by atoms with van der Waals surface area (Å²) in [5.74, 6) is -0.910. The Morgan fingerprint density at radius 3 is 2.65 bits per heavy atom. The van der Waals surface area contributed by atoms with E-state index in [2.05, 4.69) is 15.0 Å². The van der Waals surface area contributed by atoms with Crippen LogP contribution in [-0.4, -0.2) is 38.8 Å². The van der Waals surface area contributed by atoms with E-state index in [0.717, 1.165) is 12.4 Å². The number of aromatic nitrogens is 3. The molecule has 0 unspecified atom stereocenters. The third-order valence-electron chi connectivity index (χ3n) is 5.53. The number of rotatable bonds is 3. The third-order valence-corrected chi connectivity index (χ3v) is 5.53. The Morgan fingerprint density at radius 2 is 1.94 bits per heavy atom. The molecule has 0 radical (unpaired) electrons. The number of piperidine rings is 1. The molecular weight excluding hydrogens is 409 g/mol. The third kappa shape index (κ3) is 4.15. The van der Waals surface area contributed by atoms with Gasteiger partial charge in [-0.25, -0.2) is 15.0 Å². The molecule has 0 saturated carbocycles. The maximum Gasteiger partial charge on any atom is 0.417 e. The molecule has 4 N–H and O–H groups in total. The number of amides is 1. The maximum atomic E-state index is 13.7. The van der Waals surface area contributed by atoms with Crippen LogP contribution >= 0.6 is 0 Å². The number of halogens is 3. The van der Waals surface area contributed by atoms with Gasteiger partial charge in [-0.05, 0) is 24.5 Å². The van der Waals surface area contributed by atoms with Gasteiger partial charge in [-0.1, -0.05) is 30.3 Å². The van der Waals surface area contributed by atoms with Crippen molar-refractivity contribution in [1.29, 1.82) is 0 Å². The van der Waals surface area contributed by atoms with Gasteiger partial charge in [-0.3, -0.25) is 4.79 Å². The second kappa shape index (κ2) is 8.10. The van der Waals surface area contributed by atoms with Crippen LogP contribution in [0.3, 0.4) is 0 Å². The van der Waals surface area contributed by atoms with Crippen molar-refractivity contribution >= 4 is 22.8 Å². The zero-order chi connectivity index (χ0) is 22.2. The largest absolute Gasteiger partial charge is 0.417 e. The second-order valence-corrected chi connectivity index (χ2v) is 7.56. The zero-order valence-electron chi connectivity index (χ0n) is 16.5. The van der Waals surface area contributed by atoms with Crippen LogP contribution in [0.15, 0.2) is 42.7 Å². The number of hydrogen-bond acceptors (Lipinski definition) is 6. The van der Waals surface area contributed by atoms with Gasteiger partial charge in [-0.15, -0.1) is 0 Å². The van der Waals surface area contributed by atoms with Gasteiger partial charge < -0.3 is 16.4 Å². The topological polar surface area (TPSA) is 111 Å². The molecule has 0 spiro atoms. The number of pyridine rings is 1. The summed E-state index contributed by atoms with van der Waals surface area (Å²) >= 11 is 0. The molecule has 7 nitrogen and oxygen atoms in total. The number of nitrogens with zero attached hydrogens (tertiary/aromatic N) is 4. The molecule has 4 rings (SSSR count). The number of benzene rings is 1. The molecule has 10 heteroatoms. The van der Waals surface area contributed by atoms with E-state index in [1.807, 2.05) is 6.07 Å². The number of alkyl halides is 3. The van der Waals surface area contributed by atoms with E-state index in [1.54, 1.807) is 29.2 Å². The van der Waals surface area contributed by atoms with Crippen LogP contribution in [-0.2, 0) is 11.0 Å². The maximum absolute atomic E-state index is 13.7. The van der Waals surface area contributed by atoms with E-state index in [9.17, 15) is 18.0 Å². The van der Waals surface area contributed by atoms with Crippen molar-refractivity contribution in [2.24, 2.45) is 5.73 Å². The van der Waals surface area contributed by atoms with Crippen LogP contribution in [0.1, 0.15) is 41.6 Å². The first kappa shape index (κ1) is 21.0. The second-order valence-electron chi connectivity index (χ2n) is 7.56. The molecule has 162 valence electrons. The summed E-state index contributed by atoms with van der Waals surface area (Å²) in [5, 5.41) is -0.311. The molecule has 3 aromatic rings. The normalized spacial score (nSPS) is 18.2. The molecule has 1 aliphatic rings. The smallest absolute Gasteiger partial charge is 0.383 e. The summed E-state index contributed by atoms with van der Waals surface area (Å²) in [5.41, 5.74) is 11.7.